The highest BCUT2D eigenvalue weighted by Crippen LogP contribution is 2.48. The zero-order chi connectivity index (χ0) is 25.8. The molecule has 0 bridgehead atoms. The topological polar surface area (TPSA) is 57.3 Å². The molecule has 4 heterocycles. The summed E-state index contributed by atoms with van der Waals surface area (Å²) in [6, 6.07) is 4.40. The average Bonchev–Trinajstić information content (AvgIpc) is 3.63. The number of hydrogen-bond acceptors (Lipinski definition) is 6. The molecule has 5 aliphatic rings. The molecule has 4 fully saturated rings. The molecule has 1 spiro atoms. The molecule has 1 amide bonds. The van der Waals surface area contributed by atoms with E-state index in [1.807, 2.05) is 6.08 Å². The van der Waals surface area contributed by atoms with Crippen LogP contribution in [-0.4, -0.2) is 91.8 Å². The predicted octanol–water partition coefficient (Wildman–Crippen LogP) is 3.07. The molecule has 1 N–H and O–H groups in total. The van der Waals surface area contributed by atoms with E-state index in [2.05, 4.69) is 22.3 Å². The highest BCUT2D eigenvalue weighted by molar-refractivity contribution is 5.85. The van der Waals surface area contributed by atoms with Crippen LogP contribution in [0.15, 0.2) is 24.3 Å². The van der Waals surface area contributed by atoms with Gasteiger partial charge in [0.05, 0.1) is 12.8 Å². The molecule has 1 saturated carbocycles. The number of nitrogens with zero attached hydrogens (tertiary/aromatic N) is 3. The van der Waals surface area contributed by atoms with E-state index in [1.165, 1.54) is 38.8 Å². The lowest BCUT2D eigenvalue weighted by molar-refractivity contribution is -0.150. The van der Waals surface area contributed by atoms with Crippen LogP contribution in [0.2, 0.25) is 0 Å². The number of likely N-dealkylation sites (tertiary alicyclic amines) is 3. The van der Waals surface area contributed by atoms with Gasteiger partial charge in [0.25, 0.3) is 5.91 Å². The fourth-order valence-electron chi connectivity index (χ4n) is 6.92. The Morgan fingerprint density at radius 3 is 2.57 bits per heavy atom. The number of benzene rings is 1. The molecule has 4 aliphatic heterocycles. The quantitative estimate of drug-likeness (QED) is 0.587. The number of carbonyl (C=O) groups excluding carboxylic acids is 1. The third-order valence-electron chi connectivity index (χ3n) is 9.26. The van der Waals surface area contributed by atoms with Crippen molar-refractivity contribution in [1.29, 1.82) is 0 Å². The SMILES string of the molecule is CONC1=CC2(CCN(C(=O)C3(F)CCN(CC4CC4C4CN(C)C4)CC3)CC2)Oc2ccc(F)cc21. The third kappa shape index (κ3) is 4.86. The van der Waals surface area contributed by atoms with E-state index in [9.17, 15) is 9.18 Å². The van der Waals surface area contributed by atoms with Gasteiger partial charge >= 0.3 is 0 Å². The normalized spacial score (nSPS) is 29.2. The molecule has 3 saturated heterocycles. The summed E-state index contributed by atoms with van der Waals surface area (Å²) < 4.78 is 36.0. The summed E-state index contributed by atoms with van der Waals surface area (Å²) in [6.07, 6.45) is 4.83. The first-order valence-corrected chi connectivity index (χ1v) is 13.7. The molecule has 37 heavy (non-hydrogen) atoms. The van der Waals surface area contributed by atoms with Gasteiger partial charge in [0.2, 0.25) is 0 Å². The number of halogens is 2. The second-order valence-corrected chi connectivity index (χ2v) is 11.9. The van der Waals surface area contributed by atoms with Crippen molar-refractivity contribution in [2.24, 2.45) is 17.8 Å². The minimum atomic E-state index is -1.78. The summed E-state index contributed by atoms with van der Waals surface area (Å²) in [5.41, 5.74) is 1.64. The van der Waals surface area contributed by atoms with E-state index >= 15 is 4.39 Å². The van der Waals surface area contributed by atoms with E-state index in [4.69, 9.17) is 9.57 Å². The Balaban J connectivity index is 1.03. The van der Waals surface area contributed by atoms with Crippen molar-refractivity contribution in [2.75, 3.05) is 60.0 Å². The highest BCUT2D eigenvalue weighted by Gasteiger charge is 2.50. The number of piperidine rings is 2. The maximum Gasteiger partial charge on any atom is 0.260 e. The molecule has 2 atom stereocenters. The van der Waals surface area contributed by atoms with Gasteiger partial charge in [0.1, 0.15) is 17.2 Å². The van der Waals surface area contributed by atoms with Gasteiger partial charge < -0.3 is 19.4 Å². The fraction of sp³-hybridized carbons (Fsp3) is 0.679. The number of hydrogen-bond donors (Lipinski definition) is 1. The van der Waals surface area contributed by atoms with Crippen LogP contribution in [0.4, 0.5) is 8.78 Å². The minimum Gasteiger partial charge on any atom is -0.482 e. The monoisotopic (exact) mass is 516 g/mol. The van der Waals surface area contributed by atoms with Crippen molar-refractivity contribution in [3.63, 3.8) is 0 Å². The van der Waals surface area contributed by atoms with Gasteiger partial charge in [-0.15, -0.1) is 0 Å². The number of nitrogens with one attached hydrogen (secondary N) is 1. The van der Waals surface area contributed by atoms with E-state index < -0.39 is 11.3 Å². The first kappa shape index (κ1) is 25.1. The van der Waals surface area contributed by atoms with E-state index in [0.717, 1.165) is 24.3 Å². The Kier molecular flexibility index (Phi) is 6.44. The van der Waals surface area contributed by atoms with Gasteiger partial charge in [0, 0.05) is 77.1 Å². The van der Waals surface area contributed by atoms with Crippen LogP contribution in [0.25, 0.3) is 5.70 Å². The van der Waals surface area contributed by atoms with Crippen molar-refractivity contribution in [2.45, 2.75) is 43.4 Å². The number of rotatable bonds is 6. The summed E-state index contributed by atoms with van der Waals surface area (Å²) in [4.78, 5) is 24.8. The molecular weight excluding hydrogens is 478 g/mol. The molecule has 1 aliphatic carbocycles. The average molecular weight is 517 g/mol. The van der Waals surface area contributed by atoms with Gasteiger partial charge in [-0.05, 0) is 55.5 Å². The summed E-state index contributed by atoms with van der Waals surface area (Å²) >= 11 is 0. The lowest BCUT2D eigenvalue weighted by Gasteiger charge is -2.45. The van der Waals surface area contributed by atoms with E-state index in [0.29, 0.717) is 56.0 Å². The molecule has 1 aromatic rings. The number of fused-ring (bicyclic) bond motifs is 1. The number of ether oxygens (including phenoxy) is 1. The van der Waals surface area contributed by atoms with Gasteiger partial charge in [-0.3, -0.25) is 15.1 Å². The molecular formula is C28H38F2N4O3. The first-order valence-electron chi connectivity index (χ1n) is 13.7. The van der Waals surface area contributed by atoms with Crippen molar-refractivity contribution in [1.82, 2.24) is 20.2 Å². The molecule has 2 unspecified atom stereocenters. The second-order valence-electron chi connectivity index (χ2n) is 11.9. The van der Waals surface area contributed by atoms with Crippen molar-refractivity contribution in [3.8, 4) is 5.75 Å². The van der Waals surface area contributed by atoms with Crippen LogP contribution >= 0.6 is 0 Å². The number of amides is 1. The Morgan fingerprint density at radius 1 is 1.16 bits per heavy atom. The fourth-order valence-corrected chi connectivity index (χ4v) is 6.92. The van der Waals surface area contributed by atoms with Gasteiger partial charge in [-0.1, -0.05) is 0 Å². The lowest BCUT2D eigenvalue weighted by atomic mass is 9.85. The molecule has 6 rings (SSSR count). The van der Waals surface area contributed by atoms with Gasteiger partial charge in [-0.2, -0.15) is 0 Å². The van der Waals surface area contributed by atoms with Crippen LogP contribution < -0.4 is 10.2 Å². The summed E-state index contributed by atoms with van der Waals surface area (Å²) in [5, 5.41) is 0. The lowest BCUT2D eigenvalue weighted by Crippen LogP contribution is -2.57. The Bertz CT molecular complexity index is 1060. The molecule has 7 nitrogen and oxygen atoms in total. The van der Waals surface area contributed by atoms with E-state index in [1.54, 1.807) is 11.0 Å². The minimum absolute atomic E-state index is 0.272. The van der Waals surface area contributed by atoms with E-state index in [-0.39, 0.29) is 24.6 Å². The molecule has 0 aromatic heterocycles. The molecule has 1 aromatic carbocycles. The van der Waals surface area contributed by atoms with Crippen LogP contribution in [0.3, 0.4) is 0 Å². The van der Waals surface area contributed by atoms with Gasteiger partial charge in [0.15, 0.2) is 5.67 Å². The van der Waals surface area contributed by atoms with Crippen LogP contribution in [-0.2, 0) is 9.63 Å². The number of hydroxylamine groups is 1. The maximum atomic E-state index is 15.9. The Morgan fingerprint density at radius 2 is 1.89 bits per heavy atom. The van der Waals surface area contributed by atoms with Crippen molar-refractivity contribution in [3.05, 3.63) is 35.7 Å². The Labute approximate surface area is 217 Å². The van der Waals surface area contributed by atoms with Crippen LogP contribution in [0, 0.1) is 23.6 Å². The third-order valence-corrected chi connectivity index (χ3v) is 9.26. The van der Waals surface area contributed by atoms with Crippen LogP contribution in [0.1, 0.15) is 37.7 Å². The molecule has 9 heteroatoms. The standard InChI is InChI=1S/C28H38F2N4O3/c1-32-16-20(17-32)22-13-19(22)18-33-9-7-28(30,8-10-33)26(35)34-11-5-27(6-12-34)15-24(31-36-2)23-14-21(29)3-4-25(23)37-27/h3-4,14-15,19-20,22,31H,5-13,16-18H2,1-2H3. The van der Waals surface area contributed by atoms with Crippen molar-refractivity contribution < 1.29 is 23.1 Å². The zero-order valence-corrected chi connectivity index (χ0v) is 21.8. The van der Waals surface area contributed by atoms with Gasteiger partial charge in [-0.25, -0.2) is 8.78 Å². The smallest absolute Gasteiger partial charge is 0.260 e. The first-order chi connectivity index (χ1) is 17.8. The highest BCUT2D eigenvalue weighted by atomic mass is 19.1. The molecule has 202 valence electrons. The van der Waals surface area contributed by atoms with Crippen molar-refractivity contribution >= 4 is 11.6 Å². The van der Waals surface area contributed by atoms with Crippen LogP contribution in [0.5, 0.6) is 5.75 Å². The largest absolute Gasteiger partial charge is 0.482 e. The summed E-state index contributed by atoms with van der Waals surface area (Å²) in [6.45, 7) is 5.63. The second kappa shape index (κ2) is 9.50. The maximum absolute atomic E-state index is 15.9. The Hall–Kier alpha value is -2.23. The summed E-state index contributed by atoms with van der Waals surface area (Å²) in [7, 11) is 3.68. The summed E-state index contributed by atoms with van der Waals surface area (Å²) in [5.74, 6) is 2.29. The zero-order valence-electron chi connectivity index (χ0n) is 21.8. The predicted molar refractivity (Wildman–Crippen MR) is 136 cm³/mol. The number of alkyl halides is 1. The molecule has 0 radical (unpaired) electrons. The number of carbonyl (C=O) groups is 1.